The fourth-order valence-electron chi connectivity index (χ4n) is 4.20. The molecule has 2 unspecified atom stereocenters. The van der Waals surface area contributed by atoms with Crippen molar-refractivity contribution in [2.24, 2.45) is 5.92 Å². The number of rotatable bonds is 6. The van der Waals surface area contributed by atoms with Crippen molar-refractivity contribution in [2.45, 2.75) is 32.7 Å². The van der Waals surface area contributed by atoms with Crippen LogP contribution < -0.4 is 15.5 Å². The van der Waals surface area contributed by atoms with Crippen molar-refractivity contribution in [3.8, 4) is 0 Å². The van der Waals surface area contributed by atoms with E-state index >= 15 is 0 Å². The summed E-state index contributed by atoms with van der Waals surface area (Å²) in [6, 6.07) is 18.3. The van der Waals surface area contributed by atoms with Gasteiger partial charge >= 0.3 is 0 Å². The predicted molar refractivity (Wildman–Crippen MR) is 132 cm³/mol. The van der Waals surface area contributed by atoms with Crippen molar-refractivity contribution in [2.75, 3.05) is 16.8 Å². The summed E-state index contributed by atoms with van der Waals surface area (Å²) in [7, 11) is 0. The lowest BCUT2D eigenvalue weighted by atomic mass is 9.86. The Hall–Kier alpha value is -3.45. The Morgan fingerprint density at radius 3 is 2.58 bits per heavy atom. The van der Waals surface area contributed by atoms with Crippen molar-refractivity contribution in [1.29, 1.82) is 0 Å². The minimum atomic E-state index is -0.421. The Balaban J connectivity index is 1.64. The maximum atomic E-state index is 13.5. The van der Waals surface area contributed by atoms with Gasteiger partial charge in [0.2, 0.25) is 11.8 Å². The van der Waals surface area contributed by atoms with Crippen LogP contribution in [0.25, 0.3) is 0 Å². The summed E-state index contributed by atoms with van der Waals surface area (Å²) in [5.41, 5.74) is 2.95. The number of benzene rings is 2. The Morgan fingerprint density at radius 1 is 1.09 bits per heavy atom. The molecular formula is C26H27N3O3S. The molecule has 1 aliphatic heterocycles. The summed E-state index contributed by atoms with van der Waals surface area (Å²) in [5.74, 6) is -0.750. The third-order valence-electron chi connectivity index (χ3n) is 5.81. The monoisotopic (exact) mass is 461 g/mol. The van der Waals surface area contributed by atoms with Gasteiger partial charge in [-0.2, -0.15) is 0 Å². The molecule has 3 aromatic rings. The van der Waals surface area contributed by atoms with Gasteiger partial charge in [-0.25, -0.2) is 0 Å². The summed E-state index contributed by atoms with van der Waals surface area (Å²) in [5, 5.41) is 7.72. The number of carbonyl (C=O) groups is 3. The van der Waals surface area contributed by atoms with Crippen LogP contribution in [0.4, 0.5) is 11.4 Å². The number of nitrogens with one attached hydrogen (secondary N) is 2. The second-order valence-electron chi connectivity index (χ2n) is 8.13. The van der Waals surface area contributed by atoms with E-state index in [0.29, 0.717) is 30.6 Å². The van der Waals surface area contributed by atoms with E-state index in [1.165, 1.54) is 0 Å². The summed E-state index contributed by atoms with van der Waals surface area (Å²) in [6.45, 7) is 4.39. The van der Waals surface area contributed by atoms with Crippen molar-refractivity contribution >= 4 is 40.4 Å². The molecule has 4 rings (SSSR count). The number of hydrogen-bond donors (Lipinski definition) is 2. The number of anilines is 2. The van der Waals surface area contributed by atoms with Crippen molar-refractivity contribution < 1.29 is 14.4 Å². The average molecular weight is 462 g/mol. The zero-order valence-corrected chi connectivity index (χ0v) is 19.5. The van der Waals surface area contributed by atoms with E-state index in [1.54, 1.807) is 40.5 Å². The van der Waals surface area contributed by atoms with E-state index in [9.17, 15) is 14.4 Å². The molecule has 0 radical (unpaired) electrons. The number of hydrogen-bond acceptors (Lipinski definition) is 4. The molecule has 0 aliphatic carbocycles. The fraction of sp³-hybridized carbons (Fsp3) is 0.269. The van der Waals surface area contributed by atoms with E-state index in [0.717, 1.165) is 16.1 Å². The highest BCUT2D eigenvalue weighted by Crippen LogP contribution is 2.42. The number of nitrogens with zero attached hydrogens (tertiary/aromatic N) is 1. The molecule has 1 saturated heterocycles. The van der Waals surface area contributed by atoms with Crippen molar-refractivity contribution in [3.05, 3.63) is 82.0 Å². The van der Waals surface area contributed by atoms with Gasteiger partial charge in [0.1, 0.15) is 0 Å². The lowest BCUT2D eigenvalue weighted by molar-refractivity contribution is -0.125. The molecule has 2 N–H and O–H groups in total. The molecular weight excluding hydrogens is 434 g/mol. The summed E-state index contributed by atoms with van der Waals surface area (Å²) < 4.78 is 0. The van der Waals surface area contributed by atoms with Crippen LogP contribution in [0.15, 0.2) is 66.0 Å². The lowest BCUT2D eigenvalue weighted by Crippen LogP contribution is -2.46. The maximum Gasteiger partial charge on any atom is 0.251 e. The van der Waals surface area contributed by atoms with Crippen LogP contribution >= 0.6 is 11.3 Å². The second kappa shape index (κ2) is 10.0. The van der Waals surface area contributed by atoms with E-state index in [2.05, 4.69) is 10.6 Å². The van der Waals surface area contributed by atoms with Gasteiger partial charge < -0.3 is 15.5 Å². The number of carbonyl (C=O) groups excluding carboxylic acids is 3. The van der Waals surface area contributed by atoms with Crippen LogP contribution in [0.5, 0.6) is 0 Å². The average Bonchev–Trinajstić information content (AvgIpc) is 3.34. The SMILES string of the molecule is CCNC(=O)c1cccc(NC(=O)C2CCC(=O)N(c3ccc(C)cc3)C2c2cccs2)c1. The van der Waals surface area contributed by atoms with Gasteiger partial charge in [-0.15, -0.1) is 11.3 Å². The number of amides is 3. The van der Waals surface area contributed by atoms with Gasteiger partial charge in [0.05, 0.1) is 12.0 Å². The highest BCUT2D eigenvalue weighted by molar-refractivity contribution is 7.10. The first kappa shape index (κ1) is 22.7. The number of piperidine rings is 1. The fourth-order valence-corrected chi connectivity index (χ4v) is 5.08. The molecule has 3 amide bonds. The summed E-state index contributed by atoms with van der Waals surface area (Å²) >= 11 is 1.55. The van der Waals surface area contributed by atoms with Crippen LogP contribution in [0.1, 0.15) is 46.6 Å². The molecule has 2 atom stereocenters. The minimum absolute atomic E-state index is 0.0135. The molecule has 170 valence electrons. The van der Waals surface area contributed by atoms with Crippen LogP contribution in [0.2, 0.25) is 0 Å². The molecule has 1 fully saturated rings. The predicted octanol–water partition coefficient (Wildman–Crippen LogP) is 4.93. The summed E-state index contributed by atoms with van der Waals surface area (Å²) in [4.78, 5) is 41.4. The van der Waals surface area contributed by atoms with Crippen molar-refractivity contribution in [3.63, 3.8) is 0 Å². The lowest BCUT2D eigenvalue weighted by Gasteiger charge is -2.40. The van der Waals surface area contributed by atoms with Gasteiger partial charge in [-0.3, -0.25) is 14.4 Å². The van der Waals surface area contributed by atoms with Crippen LogP contribution in [-0.4, -0.2) is 24.3 Å². The quantitative estimate of drug-likeness (QED) is 0.546. The molecule has 1 aliphatic rings. The van der Waals surface area contributed by atoms with Gasteiger partial charge in [0.25, 0.3) is 5.91 Å². The molecule has 33 heavy (non-hydrogen) atoms. The van der Waals surface area contributed by atoms with Crippen LogP contribution in [0, 0.1) is 12.8 Å². The first-order valence-corrected chi connectivity index (χ1v) is 12.0. The molecule has 2 heterocycles. The second-order valence-corrected chi connectivity index (χ2v) is 9.11. The minimum Gasteiger partial charge on any atom is -0.352 e. The Labute approximate surface area is 197 Å². The van der Waals surface area contributed by atoms with E-state index in [-0.39, 0.29) is 23.8 Å². The number of aryl methyl sites for hydroxylation is 1. The molecule has 0 saturated carbocycles. The molecule has 1 aromatic heterocycles. The Morgan fingerprint density at radius 2 is 1.88 bits per heavy atom. The zero-order valence-electron chi connectivity index (χ0n) is 18.7. The smallest absolute Gasteiger partial charge is 0.251 e. The normalized spacial score (nSPS) is 18.1. The first-order chi connectivity index (χ1) is 16.0. The number of thiophene rings is 1. The van der Waals surface area contributed by atoms with E-state index < -0.39 is 5.92 Å². The third-order valence-corrected chi connectivity index (χ3v) is 6.75. The van der Waals surface area contributed by atoms with E-state index in [4.69, 9.17) is 0 Å². The van der Waals surface area contributed by atoms with Gasteiger partial charge in [0.15, 0.2) is 0 Å². The third kappa shape index (κ3) is 4.98. The van der Waals surface area contributed by atoms with Gasteiger partial charge in [-0.05, 0) is 62.0 Å². The molecule has 0 spiro atoms. The van der Waals surface area contributed by atoms with E-state index in [1.807, 2.05) is 55.6 Å². The van der Waals surface area contributed by atoms with Gasteiger partial charge in [-0.1, -0.05) is 29.8 Å². The highest BCUT2D eigenvalue weighted by Gasteiger charge is 2.42. The Bertz CT molecular complexity index is 1140. The molecule has 2 aromatic carbocycles. The first-order valence-electron chi connectivity index (χ1n) is 11.1. The Kier molecular flexibility index (Phi) is 6.89. The zero-order chi connectivity index (χ0) is 23.4. The highest BCUT2D eigenvalue weighted by atomic mass is 32.1. The van der Waals surface area contributed by atoms with Crippen LogP contribution in [-0.2, 0) is 9.59 Å². The van der Waals surface area contributed by atoms with Crippen LogP contribution in [0.3, 0.4) is 0 Å². The standard InChI is InChI=1S/C26H27N3O3S/c1-3-27-25(31)18-6-4-7-19(16-18)28-26(32)21-13-14-23(30)29(20-11-9-17(2)10-12-20)24(21)22-8-5-15-33-22/h4-12,15-16,21,24H,3,13-14H2,1-2H3,(H,27,31)(H,28,32). The largest absolute Gasteiger partial charge is 0.352 e. The van der Waals surface area contributed by atoms with Gasteiger partial charge in [0, 0.05) is 34.8 Å². The summed E-state index contributed by atoms with van der Waals surface area (Å²) in [6.07, 6.45) is 0.762. The maximum absolute atomic E-state index is 13.5. The van der Waals surface area contributed by atoms with Crippen molar-refractivity contribution in [1.82, 2.24) is 5.32 Å². The molecule has 0 bridgehead atoms. The molecule has 6 nitrogen and oxygen atoms in total. The topological polar surface area (TPSA) is 78.5 Å². The molecule has 7 heteroatoms.